The van der Waals surface area contributed by atoms with Gasteiger partial charge in [0, 0.05) is 42.7 Å². The monoisotopic (exact) mass is 507 g/mol. The summed E-state index contributed by atoms with van der Waals surface area (Å²) in [7, 11) is 1.63. The minimum atomic E-state index is -0.657. The molecular formula is C29H38FN5O2. The Morgan fingerprint density at radius 1 is 1.14 bits per heavy atom. The number of halogens is 1. The van der Waals surface area contributed by atoms with Crippen LogP contribution in [0.2, 0.25) is 0 Å². The Morgan fingerprint density at radius 2 is 1.86 bits per heavy atom. The maximum Gasteiger partial charge on any atom is 0.254 e. The third kappa shape index (κ3) is 8.84. The van der Waals surface area contributed by atoms with Crippen molar-refractivity contribution in [2.75, 3.05) is 26.0 Å². The number of nitrogens with one attached hydrogen (secondary N) is 1. The molecule has 0 spiro atoms. The lowest BCUT2D eigenvalue weighted by Gasteiger charge is -2.10. The van der Waals surface area contributed by atoms with Gasteiger partial charge in [0.15, 0.2) is 0 Å². The van der Waals surface area contributed by atoms with Gasteiger partial charge < -0.3 is 15.8 Å². The predicted molar refractivity (Wildman–Crippen MR) is 151 cm³/mol. The van der Waals surface area contributed by atoms with Gasteiger partial charge in [-0.05, 0) is 29.3 Å². The molecule has 0 saturated heterocycles. The van der Waals surface area contributed by atoms with Crippen molar-refractivity contribution in [3.63, 3.8) is 0 Å². The van der Waals surface area contributed by atoms with Crippen LogP contribution in [0.1, 0.15) is 38.1 Å². The summed E-state index contributed by atoms with van der Waals surface area (Å²) in [4.78, 5) is 16.7. The Kier molecular flexibility index (Phi) is 13.9. The molecule has 198 valence electrons. The first-order chi connectivity index (χ1) is 18.0. The Balaban J connectivity index is 0.00000163. The molecule has 7 nitrogen and oxygen atoms in total. The molecule has 8 heteroatoms. The molecule has 1 aromatic carbocycles. The van der Waals surface area contributed by atoms with E-state index in [1.165, 1.54) is 12.1 Å². The van der Waals surface area contributed by atoms with Crippen LogP contribution in [0.4, 0.5) is 10.2 Å². The molecule has 37 heavy (non-hydrogen) atoms. The van der Waals surface area contributed by atoms with Crippen molar-refractivity contribution >= 4 is 11.7 Å². The topological polar surface area (TPSA) is 95.1 Å². The van der Waals surface area contributed by atoms with E-state index in [4.69, 9.17) is 10.5 Å². The number of carbonyl (C=O) groups excluding carboxylic acids is 1. The highest BCUT2D eigenvalue weighted by Gasteiger charge is 2.15. The number of nitrogens with two attached hydrogens (primary N) is 1. The Bertz CT molecular complexity index is 1200. The third-order valence-corrected chi connectivity index (χ3v) is 4.98. The molecule has 2 aromatic heterocycles. The molecule has 0 atom stereocenters. The average molecular weight is 508 g/mol. The van der Waals surface area contributed by atoms with Crippen molar-refractivity contribution in [1.29, 1.82) is 0 Å². The summed E-state index contributed by atoms with van der Waals surface area (Å²) in [5.41, 5.74) is 9.48. The first-order valence-electron chi connectivity index (χ1n) is 12.3. The Labute approximate surface area is 219 Å². The number of hydrogen-bond donors (Lipinski definition) is 2. The van der Waals surface area contributed by atoms with Crippen LogP contribution in [-0.4, -0.2) is 40.9 Å². The van der Waals surface area contributed by atoms with E-state index < -0.39 is 11.7 Å². The number of hydrogen-bond acceptors (Lipinski definition) is 5. The van der Waals surface area contributed by atoms with Crippen molar-refractivity contribution in [3.05, 3.63) is 91.2 Å². The number of anilines is 1. The normalized spacial score (nSPS) is 10.4. The van der Waals surface area contributed by atoms with E-state index in [1.54, 1.807) is 48.5 Å². The minimum Gasteiger partial charge on any atom is -0.383 e. The van der Waals surface area contributed by atoms with Gasteiger partial charge in [0.2, 0.25) is 0 Å². The minimum absolute atomic E-state index is 0.0668. The molecule has 3 aromatic rings. The summed E-state index contributed by atoms with van der Waals surface area (Å²) >= 11 is 0. The first-order valence-corrected chi connectivity index (χ1v) is 12.3. The van der Waals surface area contributed by atoms with Crippen molar-refractivity contribution in [2.24, 2.45) is 0 Å². The molecule has 0 aliphatic heterocycles. The summed E-state index contributed by atoms with van der Waals surface area (Å²) < 4.78 is 21.7. The number of methoxy groups -OCH3 is 1. The van der Waals surface area contributed by atoms with E-state index >= 15 is 0 Å². The molecule has 0 unspecified atom stereocenters. The number of carbonyl (C=O) groups is 1. The lowest BCUT2D eigenvalue weighted by molar-refractivity contribution is 0.0953. The summed E-state index contributed by atoms with van der Waals surface area (Å²) in [5, 5.41) is 6.98. The number of pyridine rings is 1. The smallest absolute Gasteiger partial charge is 0.254 e. The molecule has 0 bridgehead atoms. The van der Waals surface area contributed by atoms with Crippen molar-refractivity contribution in [3.8, 4) is 22.3 Å². The first kappa shape index (κ1) is 31.0. The van der Waals surface area contributed by atoms with Gasteiger partial charge in [-0.2, -0.15) is 5.10 Å². The third-order valence-electron chi connectivity index (χ3n) is 4.98. The van der Waals surface area contributed by atoms with E-state index in [-0.39, 0.29) is 17.9 Å². The fourth-order valence-electron chi connectivity index (χ4n) is 3.18. The fourth-order valence-corrected chi connectivity index (χ4v) is 3.18. The van der Waals surface area contributed by atoms with Crippen molar-refractivity contribution in [2.45, 2.75) is 34.2 Å². The number of aromatic nitrogens is 3. The van der Waals surface area contributed by atoms with E-state index in [1.807, 2.05) is 40.0 Å². The summed E-state index contributed by atoms with van der Waals surface area (Å²) in [5.74, 6) is -0.929. The molecule has 0 fully saturated rings. The second kappa shape index (κ2) is 16.6. The Hall–Kier alpha value is -4.04. The standard InChI is InChI=1S/C25H26FN5O2.2C2H6/c1-4-6-17(5-2)13-29-25(32)21-8-7-18(12-23(21)26)22-11-19(14-28-24(22)27)20-15-30-31(16-20)9-10-33-3;2*1-2/h4-8,11-12,14-16H,1-2,9-10,13H2,3H3,(H2,27,28)(H,29,32);2*1-2H3/b17-6+;;. The van der Waals surface area contributed by atoms with Gasteiger partial charge in [-0.3, -0.25) is 9.48 Å². The molecule has 1 amide bonds. The molecule has 3 N–H and O–H groups in total. The van der Waals surface area contributed by atoms with Crippen LogP contribution in [0.3, 0.4) is 0 Å². The van der Waals surface area contributed by atoms with Crippen molar-refractivity contribution < 1.29 is 13.9 Å². The van der Waals surface area contributed by atoms with Crippen molar-refractivity contribution in [1.82, 2.24) is 20.1 Å². The van der Waals surface area contributed by atoms with Crippen LogP contribution in [0, 0.1) is 5.82 Å². The van der Waals surface area contributed by atoms with Gasteiger partial charge in [-0.1, -0.05) is 65.1 Å². The molecule has 0 saturated carbocycles. The highest BCUT2D eigenvalue weighted by Crippen LogP contribution is 2.30. The Morgan fingerprint density at radius 3 is 2.49 bits per heavy atom. The van der Waals surface area contributed by atoms with Gasteiger partial charge >= 0.3 is 0 Å². The zero-order valence-electron chi connectivity index (χ0n) is 22.4. The number of amides is 1. The number of benzene rings is 1. The number of allylic oxidation sites excluding steroid dienone is 2. The second-order valence-corrected chi connectivity index (χ2v) is 7.20. The molecule has 0 radical (unpaired) electrons. The molecule has 2 heterocycles. The lowest BCUT2D eigenvalue weighted by Crippen LogP contribution is -2.26. The van der Waals surface area contributed by atoms with E-state index in [2.05, 4.69) is 28.6 Å². The number of ether oxygens (including phenoxy) is 1. The van der Waals surface area contributed by atoms with E-state index in [9.17, 15) is 9.18 Å². The molecule has 0 aliphatic carbocycles. The number of rotatable bonds is 10. The zero-order chi connectivity index (χ0) is 27.8. The average Bonchev–Trinajstić information content (AvgIpc) is 3.41. The summed E-state index contributed by atoms with van der Waals surface area (Å²) in [6.45, 7) is 16.7. The molecular weight excluding hydrogens is 469 g/mol. The van der Waals surface area contributed by atoms with Crippen LogP contribution in [0.5, 0.6) is 0 Å². The quantitative estimate of drug-likeness (QED) is 0.325. The predicted octanol–water partition coefficient (Wildman–Crippen LogP) is 6.06. The second-order valence-electron chi connectivity index (χ2n) is 7.20. The van der Waals surface area contributed by atoms with Gasteiger partial charge in [0.05, 0.1) is 24.9 Å². The van der Waals surface area contributed by atoms with E-state index in [0.29, 0.717) is 24.3 Å². The van der Waals surface area contributed by atoms with Gasteiger partial charge in [-0.25, -0.2) is 9.37 Å². The molecule has 0 aliphatic rings. The maximum absolute atomic E-state index is 14.8. The highest BCUT2D eigenvalue weighted by atomic mass is 19.1. The maximum atomic E-state index is 14.8. The van der Waals surface area contributed by atoms with Crippen LogP contribution in [0.15, 0.2) is 79.8 Å². The highest BCUT2D eigenvalue weighted by molar-refractivity contribution is 5.95. The van der Waals surface area contributed by atoms with Crippen LogP contribution in [-0.2, 0) is 11.3 Å². The number of nitrogens with zero attached hydrogens (tertiary/aromatic N) is 3. The van der Waals surface area contributed by atoms with Gasteiger partial charge in [-0.15, -0.1) is 0 Å². The van der Waals surface area contributed by atoms with Gasteiger partial charge in [0.1, 0.15) is 11.6 Å². The van der Waals surface area contributed by atoms with Crippen LogP contribution < -0.4 is 11.1 Å². The van der Waals surface area contributed by atoms with Crippen LogP contribution >= 0.6 is 0 Å². The summed E-state index contributed by atoms with van der Waals surface area (Å²) in [6, 6.07) is 6.18. The number of nitrogen functional groups attached to an aromatic ring is 1. The fraction of sp³-hybridized carbons (Fsp3) is 0.276. The van der Waals surface area contributed by atoms with E-state index in [0.717, 1.165) is 16.7 Å². The van der Waals surface area contributed by atoms with Crippen LogP contribution in [0.25, 0.3) is 22.3 Å². The SMILES string of the molecule is C=C/C=C(\C=C)CNC(=O)c1ccc(-c2cc(-c3cnn(CCOC)c3)cnc2N)cc1F.CC.CC. The zero-order valence-corrected chi connectivity index (χ0v) is 22.4. The summed E-state index contributed by atoms with van der Waals surface area (Å²) in [6.07, 6.45) is 10.2. The molecule has 3 rings (SSSR count). The largest absolute Gasteiger partial charge is 0.383 e. The van der Waals surface area contributed by atoms with Gasteiger partial charge in [0.25, 0.3) is 5.91 Å². The lowest BCUT2D eigenvalue weighted by atomic mass is 10.0.